The molecule has 0 aliphatic carbocycles. The zero-order valence-electron chi connectivity index (χ0n) is 15.9. The number of carbonyl (C=O) groups is 1. The summed E-state index contributed by atoms with van der Waals surface area (Å²) in [6.07, 6.45) is -0.333. The van der Waals surface area contributed by atoms with Gasteiger partial charge in [0.25, 0.3) is 0 Å². The maximum Gasteiger partial charge on any atom is 0.317 e. The van der Waals surface area contributed by atoms with Gasteiger partial charge in [0.05, 0.1) is 11.4 Å². The minimum atomic E-state index is -0.333. The van der Waals surface area contributed by atoms with Crippen LogP contribution in [0.2, 0.25) is 0 Å². The molecule has 146 valence electrons. The summed E-state index contributed by atoms with van der Waals surface area (Å²) in [4.78, 5) is 14.5. The van der Waals surface area contributed by atoms with Crippen LogP contribution in [0.1, 0.15) is 23.5 Å². The van der Waals surface area contributed by atoms with E-state index in [1.807, 2.05) is 61.5 Å². The van der Waals surface area contributed by atoms with E-state index in [4.69, 9.17) is 15.9 Å². The summed E-state index contributed by atoms with van der Waals surface area (Å²) >= 11 is 1.46. The van der Waals surface area contributed by atoms with Crippen molar-refractivity contribution in [1.29, 1.82) is 5.41 Å². The quantitative estimate of drug-likeness (QED) is 0.417. The molecule has 0 fully saturated rings. The lowest BCUT2D eigenvalue weighted by atomic mass is 10.1. The molecule has 0 aliphatic heterocycles. The Morgan fingerprint density at radius 3 is 2.68 bits per heavy atom. The molecule has 4 N–H and O–H groups in total. The predicted molar refractivity (Wildman–Crippen MR) is 114 cm³/mol. The van der Waals surface area contributed by atoms with Crippen LogP contribution in [0.5, 0.6) is 5.75 Å². The molecule has 1 heterocycles. The lowest BCUT2D eigenvalue weighted by Gasteiger charge is -2.26. The standard InChI is InChI=1S/C21H24N4O2S/c1-3-24-21(26)25(2)13-17(14-8-5-4-6-9-14)27-16-10-7-11-18-15(16)12-19(28-18)20(22)23/h4-12,17H,3,13H2,1-2H3,(H3,22,23)(H,24,26). The first-order valence-corrected chi connectivity index (χ1v) is 9.88. The Morgan fingerprint density at radius 1 is 1.25 bits per heavy atom. The van der Waals surface area contributed by atoms with E-state index in [1.165, 1.54) is 11.3 Å². The Labute approximate surface area is 168 Å². The number of benzene rings is 2. The third kappa shape index (κ3) is 4.43. The molecule has 28 heavy (non-hydrogen) atoms. The molecule has 1 atom stereocenters. The minimum Gasteiger partial charge on any atom is -0.483 e. The molecule has 1 unspecified atom stereocenters. The number of amides is 2. The molecule has 0 bridgehead atoms. The Balaban J connectivity index is 1.92. The van der Waals surface area contributed by atoms with Crippen molar-refractivity contribution in [2.45, 2.75) is 13.0 Å². The molecule has 3 rings (SSSR count). The van der Waals surface area contributed by atoms with E-state index in [9.17, 15) is 4.79 Å². The van der Waals surface area contributed by atoms with Crippen LogP contribution < -0.4 is 15.8 Å². The maximum absolute atomic E-state index is 12.2. The average Bonchev–Trinajstić information content (AvgIpc) is 3.14. The Morgan fingerprint density at radius 2 is 2.00 bits per heavy atom. The van der Waals surface area contributed by atoms with Crippen LogP contribution in [0.4, 0.5) is 4.79 Å². The Kier molecular flexibility index (Phi) is 6.16. The van der Waals surface area contributed by atoms with Gasteiger partial charge in [-0.15, -0.1) is 11.3 Å². The molecule has 1 aromatic heterocycles. The molecule has 6 nitrogen and oxygen atoms in total. The van der Waals surface area contributed by atoms with Gasteiger partial charge in [-0.3, -0.25) is 5.41 Å². The third-order valence-electron chi connectivity index (χ3n) is 4.34. The SMILES string of the molecule is CCNC(=O)N(C)CC(Oc1cccc2sc(C(=N)N)cc12)c1ccccc1. The van der Waals surface area contributed by atoms with Crippen LogP contribution in [0.15, 0.2) is 54.6 Å². The number of hydrogen-bond donors (Lipinski definition) is 3. The first-order chi connectivity index (χ1) is 13.5. The summed E-state index contributed by atoms with van der Waals surface area (Å²) in [5.41, 5.74) is 6.63. The molecule has 0 aliphatic rings. The summed E-state index contributed by atoms with van der Waals surface area (Å²) in [6.45, 7) is 2.86. The van der Waals surface area contributed by atoms with Gasteiger partial charge in [0, 0.05) is 23.7 Å². The molecule has 2 aromatic carbocycles. The van der Waals surface area contributed by atoms with Gasteiger partial charge >= 0.3 is 6.03 Å². The number of nitrogens with two attached hydrogens (primary N) is 1. The van der Waals surface area contributed by atoms with Crippen molar-refractivity contribution in [3.05, 3.63) is 65.0 Å². The fraction of sp³-hybridized carbons (Fsp3) is 0.238. The molecular weight excluding hydrogens is 372 g/mol. The smallest absolute Gasteiger partial charge is 0.317 e. The number of rotatable bonds is 7. The van der Waals surface area contributed by atoms with E-state index < -0.39 is 0 Å². The first-order valence-electron chi connectivity index (χ1n) is 9.07. The Bertz CT molecular complexity index is 971. The van der Waals surface area contributed by atoms with Crippen molar-refractivity contribution in [3.63, 3.8) is 0 Å². The molecule has 0 radical (unpaired) electrons. The van der Waals surface area contributed by atoms with Gasteiger partial charge in [-0.1, -0.05) is 36.4 Å². The summed E-state index contributed by atoms with van der Waals surface area (Å²) in [7, 11) is 1.75. The molecule has 0 spiro atoms. The van der Waals surface area contributed by atoms with Crippen LogP contribution in [0, 0.1) is 5.41 Å². The fourth-order valence-electron chi connectivity index (χ4n) is 2.92. The number of nitrogens with one attached hydrogen (secondary N) is 2. The highest BCUT2D eigenvalue weighted by atomic mass is 32.1. The van der Waals surface area contributed by atoms with Gasteiger partial charge in [-0.05, 0) is 30.7 Å². The molecule has 0 saturated heterocycles. The monoisotopic (exact) mass is 396 g/mol. The van der Waals surface area contributed by atoms with E-state index in [2.05, 4.69) is 5.32 Å². The van der Waals surface area contributed by atoms with Crippen molar-refractivity contribution in [2.75, 3.05) is 20.1 Å². The lowest BCUT2D eigenvalue weighted by molar-refractivity contribution is 0.151. The fourth-order valence-corrected chi connectivity index (χ4v) is 3.86. The molecule has 3 aromatic rings. The van der Waals surface area contributed by atoms with Gasteiger partial charge < -0.3 is 20.7 Å². The molecular formula is C21H24N4O2S. The molecule has 0 saturated carbocycles. The van der Waals surface area contributed by atoms with Crippen LogP contribution in [0.3, 0.4) is 0 Å². The zero-order chi connectivity index (χ0) is 20.1. The van der Waals surface area contributed by atoms with Gasteiger partial charge in [-0.25, -0.2) is 4.79 Å². The molecule has 2 amide bonds. The summed E-state index contributed by atoms with van der Waals surface area (Å²) in [5, 5.41) is 11.4. The number of nitrogen functional groups attached to an aromatic ring is 1. The van der Waals surface area contributed by atoms with E-state index in [0.717, 1.165) is 15.6 Å². The number of hydrogen-bond acceptors (Lipinski definition) is 4. The van der Waals surface area contributed by atoms with E-state index in [0.29, 0.717) is 23.7 Å². The predicted octanol–water partition coefficient (Wildman–Crippen LogP) is 3.97. The van der Waals surface area contributed by atoms with Crippen LogP contribution in [-0.2, 0) is 0 Å². The number of carbonyl (C=O) groups excluding carboxylic acids is 1. The van der Waals surface area contributed by atoms with E-state index in [-0.39, 0.29) is 18.0 Å². The summed E-state index contributed by atoms with van der Waals surface area (Å²) in [5.74, 6) is 0.752. The number of nitrogens with zero attached hydrogens (tertiary/aromatic N) is 1. The van der Waals surface area contributed by atoms with Gasteiger partial charge in [0.1, 0.15) is 17.7 Å². The second-order valence-electron chi connectivity index (χ2n) is 6.43. The second kappa shape index (κ2) is 8.75. The van der Waals surface area contributed by atoms with E-state index in [1.54, 1.807) is 11.9 Å². The second-order valence-corrected chi connectivity index (χ2v) is 7.51. The first kappa shape index (κ1) is 19.7. The lowest BCUT2D eigenvalue weighted by Crippen LogP contribution is -2.40. The number of ether oxygens (including phenoxy) is 1. The Hall–Kier alpha value is -3.06. The highest BCUT2D eigenvalue weighted by Crippen LogP contribution is 2.35. The van der Waals surface area contributed by atoms with Crippen molar-refractivity contribution in [3.8, 4) is 5.75 Å². The van der Waals surface area contributed by atoms with Gasteiger partial charge in [0.15, 0.2) is 0 Å². The van der Waals surface area contributed by atoms with Crippen LogP contribution in [-0.4, -0.2) is 36.9 Å². The van der Waals surface area contributed by atoms with Gasteiger partial charge in [-0.2, -0.15) is 0 Å². The van der Waals surface area contributed by atoms with Gasteiger partial charge in [0.2, 0.25) is 0 Å². The number of thiophene rings is 1. The highest BCUT2D eigenvalue weighted by molar-refractivity contribution is 7.20. The van der Waals surface area contributed by atoms with Crippen molar-refractivity contribution < 1.29 is 9.53 Å². The normalized spacial score (nSPS) is 11.8. The number of fused-ring (bicyclic) bond motifs is 1. The van der Waals surface area contributed by atoms with Crippen molar-refractivity contribution >= 4 is 33.3 Å². The number of likely N-dealkylation sites (N-methyl/N-ethyl adjacent to an activating group) is 1. The topological polar surface area (TPSA) is 91.4 Å². The van der Waals surface area contributed by atoms with E-state index >= 15 is 0 Å². The van der Waals surface area contributed by atoms with Crippen molar-refractivity contribution in [2.24, 2.45) is 5.73 Å². The minimum absolute atomic E-state index is 0.0442. The summed E-state index contributed by atoms with van der Waals surface area (Å²) in [6, 6.07) is 17.4. The van der Waals surface area contributed by atoms with Crippen LogP contribution in [0.25, 0.3) is 10.1 Å². The average molecular weight is 397 g/mol. The molecule has 7 heteroatoms. The zero-order valence-corrected chi connectivity index (χ0v) is 16.8. The third-order valence-corrected chi connectivity index (χ3v) is 5.48. The number of amidine groups is 1. The maximum atomic E-state index is 12.2. The van der Waals surface area contributed by atoms with Crippen molar-refractivity contribution in [1.82, 2.24) is 10.2 Å². The number of urea groups is 1. The largest absolute Gasteiger partial charge is 0.483 e. The highest BCUT2D eigenvalue weighted by Gasteiger charge is 2.20. The summed E-state index contributed by atoms with van der Waals surface area (Å²) < 4.78 is 7.39. The van der Waals surface area contributed by atoms with Crippen LogP contribution >= 0.6 is 11.3 Å².